The van der Waals surface area contributed by atoms with E-state index in [9.17, 15) is 4.79 Å². The van der Waals surface area contributed by atoms with E-state index in [-0.39, 0.29) is 16.9 Å². The molecular formula is C27H55NO. The summed E-state index contributed by atoms with van der Waals surface area (Å²) in [6.07, 6.45) is 21.5. The van der Waals surface area contributed by atoms with Gasteiger partial charge in [-0.25, -0.2) is 0 Å². The zero-order chi connectivity index (χ0) is 22.2. The van der Waals surface area contributed by atoms with Crippen molar-refractivity contribution < 1.29 is 4.79 Å². The Bertz CT molecular complexity index is 394. The fourth-order valence-corrected chi connectivity index (χ4v) is 4.20. The summed E-state index contributed by atoms with van der Waals surface area (Å²) in [5.74, 6) is 0.284. The zero-order valence-corrected chi connectivity index (χ0v) is 21.4. The third kappa shape index (κ3) is 15.9. The highest BCUT2D eigenvalue weighted by Crippen LogP contribution is 2.29. The molecule has 0 fully saturated rings. The number of rotatable bonds is 18. The van der Waals surface area contributed by atoms with Gasteiger partial charge in [-0.15, -0.1) is 0 Å². The molecule has 0 aliphatic heterocycles. The average Bonchev–Trinajstić information content (AvgIpc) is 2.65. The minimum Gasteiger partial charge on any atom is -0.337 e. The summed E-state index contributed by atoms with van der Waals surface area (Å²) in [6.45, 7) is 16.3. The maximum atomic E-state index is 12.4. The predicted molar refractivity (Wildman–Crippen MR) is 130 cm³/mol. The largest absolute Gasteiger partial charge is 0.337 e. The van der Waals surface area contributed by atoms with Gasteiger partial charge in [-0.05, 0) is 32.6 Å². The molecule has 174 valence electrons. The van der Waals surface area contributed by atoms with Crippen molar-refractivity contribution in [3.63, 3.8) is 0 Å². The molecule has 0 aromatic carbocycles. The van der Waals surface area contributed by atoms with Crippen LogP contribution in [0.5, 0.6) is 0 Å². The molecule has 0 aliphatic rings. The highest BCUT2D eigenvalue weighted by Gasteiger charge is 2.31. The topological polar surface area (TPSA) is 20.3 Å². The molecule has 2 heteroatoms. The quantitative estimate of drug-likeness (QED) is 0.207. The van der Waals surface area contributed by atoms with Gasteiger partial charge in [-0.3, -0.25) is 4.79 Å². The lowest BCUT2D eigenvalue weighted by molar-refractivity contribution is -0.137. The maximum absolute atomic E-state index is 12.4. The zero-order valence-electron chi connectivity index (χ0n) is 21.4. The SMILES string of the molecule is CCCCCCCCCCCCCCCCC(C)(C)CN(C(=O)CC)C(C)(C)C. The van der Waals surface area contributed by atoms with E-state index in [4.69, 9.17) is 0 Å². The third-order valence-corrected chi connectivity index (χ3v) is 6.21. The second-order valence-electron chi connectivity index (χ2n) is 11.0. The first kappa shape index (κ1) is 28.5. The van der Waals surface area contributed by atoms with E-state index in [0.29, 0.717) is 6.42 Å². The second-order valence-corrected chi connectivity index (χ2v) is 11.0. The molecule has 0 spiro atoms. The Morgan fingerprint density at radius 3 is 1.34 bits per heavy atom. The lowest BCUT2D eigenvalue weighted by Crippen LogP contribution is -2.49. The molecule has 0 aromatic rings. The first-order valence-electron chi connectivity index (χ1n) is 12.9. The Kier molecular flexibility index (Phi) is 15.9. The van der Waals surface area contributed by atoms with Crippen LogP contribution in [-0.2, 0) is 4.79 Å². The Morgan fingerprint density at radius 1 is 0.621 bits per heavy atom. The molecule has 0 radical (unpaired) electrons. The van der Waals surface area contributed by atoms with Crippen LogP contribution in [0.3, 0.4) is 0 Å². The summed E-state index contributed by atoms with van der Waals surface area (Å²) in [5, 5.41) is 0. The van der Waals surface area contributed by atoms with Crippen molar-refractivity contribution in [1.82, 2.24) is 4.90 Å². The van der Waals surface area contributed by atoms with Crippen LogP contribution in [0.2, 0.25) is 0 Å². The second kappa shape index (κ2) is 16.2. The van der Waals surface area contributed by atoms with Gasteiger partial charge in [0.15, 0.2) is 0 Å². The summed E-state index contributed by atoms with van der Waals surface area (Å²) in [5.41, 5.74) is 0.120. The van der Waals surface area contributed by atoms with Crippen LogP contribution < -0.4 is 0 Å². The van der Waals surface area contributed by atoms with E-state index in [1.54, 1.807) is 0 Å². The minimum absolute atomic E-state index is 0.0835. The number of unbranched alkanes of at least 4 members (excludes halogenated alkanes) is 13. The van der Waals surface area contributed by atoms with E-state index in [1.165, 1.54) is 96.3 Å². The van der Waals surface area contributed by atoms with Crippen LogP contribution in [0.1, 0.15) is 151 Å². The van der Waals surface area contributed by atoms with Gasteiger partial charge in [0.25, 0.3) is 0 Å². The van der Waals surface area contributed by atoms with Crippen molar-refractivity contribution in [3.8, 4) is 0 Å². The molecule has 0 saturated carbocycles. The van der Waals surface area contributed by atoms with Crippen LogP contribution in [-0.4, -0.2) is 22.9 Å². The van der Waals surface area contributed by atoms with Crippen molar-refractivity contribution in [2.45, 2.75) is 157 Å². The molecule has 0 saturated heterocycles. The molecular weight excluding hydrogens is 354 g/mol. The van der Waals surface area contributed by atoms with E-state index in [1.807, 2.05) is 6.92 Å². The monoisotopic (exact) mass is 409 g/mol. The van der Waals surface area contributed by atoms with Gasteiger partial charge in [0.05, 0.1) is 0 Å². The van der Waals surface area contributed by atoms with Gasteiger partial charge in [0.1, 0.15) is 0 Å². The first-order valence-corrected chi connectivity index (χ1v) is 12.9. The molecule has 0 aromatic heterocycles. The number of nitrogens with zero attached hydrogens (tertiary/aromatic N) is 1. The van der Waals surface area contributed by atoms with Crippen molar-refractivity contribution in [3.05, 3.63) is 0 Å². The summed E-state index contributed by atoms with van der Waals surface area (Å²) in [7, 11) is 0. The van der Waals surface area contributed by atoms with E-state index in [2.05, 4.69) is 46.4 Å². The average molecular weight is 410 g/mol. The molecule has 2 nitrogen and oxygen atoms in total. The molecule has 0 bridgehead atoms. The van der Waals surface area contributed by atoms with Gasteiger partial charge in [0.2, 0.25) is 5.91 Å². The normalized spacial score (nSPS) is 12.4. The van der Waals surface area contributed by atoms with Gasteiger partial charge in [0, 0.05) is 18.5 Å². The van der Waals surface area contributed by atoms with Crippen LogP contribution in [0, 0.1) is 5.41 Å². The third-order valence-electron chi connectivity index (χ3n) is 6.21. The molecule has 0 aliphatic carbocycles. The fraction of sp³-hybridized carbons (Fsp3) is 0.963. The van der Waals surface area contributed by atoms with Gasteiger partial charge in [-0.1, -0.05) is 118 Å². The number of carbonyl (C=O) groups excluding carboxylic acids is 1. The number of carbonyl (C=O) groups is 1. The van der Waals surface area contributed by atoms with Crippen molar-refractivity contribution in [1.29, 1.82) is 0 Å². The lowest BCUT2D eigenvalue weighted by Gasteiger charge is -2.41. The minimum atomic E-state index is -0.0835. The summed E-state index contributed by atoms with van der Waals surface area (Å²) in [6, 6.07) is 0. The summed E-state index contributed by atoms with van der Waals surface area (Å²) >= 11 is 0. The smallest absolute Gasteiger partial charge is 0.222 e. The van der Waals surface area contributed by atoms with E-state index < -0.39 is 0 Å². The Hall–Kier alpha value is -0.530. The Morgan fingerprint density at radius 2 is 1.00 bits per heavy atom. The molecule has 29 heavy (non-hydrogen) atoms. The van der Waals surface area contributed by atoms with Crippen molar-refractivity contribution >= 4 is 5.91 Å². The van der Waals surface area contributed by atoms with Gasteiger partial charge < -0.3 is 4.90 Å². The van der Waals surface area contributed by atoms with Crippen LogP contribution in [0.15, 0.2) is 0 Å². The Balaban J connectivity index is 3.74. The highest BCUT2D eigenvalue weighted by atomic mass is 16.2. The van der Waals surface area contributed by atoms with Crippen LogP contribution >= 0.6 is 0 Å². The first-order chi connectivity index (χ1) is 13.6. The van der Waals surface area contributed by atoms with Gasteiger partial charge in [-0.2, -0.15) is 0 Å². The molecule has 0 rings (SSSR count). The lowest BCUT2D eigenvalue weighted by atomic mass is 9.84. The molecule has 0 unspecified atom stereocenters. The van der Waals surface area contributed by atoms with E-state index >= 15 is 0 Å². The molecule has 0 heterocycles. The Labute approximate surface area is 184 Å². The molecule has 0 atom stereocenters. The fourth-order valence-electron chi connectivity index (χ4n) is 4.20. The standard InChI is InChI=1S/C27H55NO/c1-8-10-11-12-13-14-15-16-17-18-19-20-21-22-23-27(6,7)24-28(25(29)9-2)26(3,4)5/h8-24H2,1-7H3. The van der Waals surface area contributed by atoms with Crippen molar-refractivity contribution in [2.75, 3.05) is 6.54 Å². The highest BCUT2D eigenvalue weighted by molar-refractivity contribution is 5.76. The van der Waals surface area contributed by atoms with Crippen LogP contribution in [0.4, 0.5) is 0 Å². The predicted octanol–water partition coefficient (Wildman–Crippen LogP) is 8.92. The molecule has 1 amide bonds. The van der Waals surface area contributed by atoms with Crippen molar-refractivity contribution in [2.24, 2.45) is 5.41 Å². The number of amides is 1. The van der Waals surface area contributed by atoms with Gasteiger partial charge >= 0.3 is 0 Å². The summed E-state index contributed by atoms with van der Waals surface area (Å²) < 4.78 is 0. The number of hydrogen-bond acceptors (Lipinski definition) is 1. The molecule has 0 N–H and O–H groups in total. The maximum Gasteiger partial charge on any atom is 0.222 e. The van der Waals surface area contributed by atoms with E-state index in [0.717, 1.165) is 6.54 Å². The summed E-state index contributed by atoms with van der Waals surface area (Å²) in [4.78, 5) is 14.5. The number of hydrogen-bond donors (Lipinski definition) is 0. The van der Waals surface area contributed by atoms with Crippen LogP contribution in [0.25, 0.3) is 0 Å².